The SMILES string of the molecule is CCCC[C@H]1S[C@@H]1CNS(=O)(=O)c1ccc(C)cc1. The molecule has 0 radical (unpaired) electrons. The number of hydrogen-bond donors (Lipinski definition) is 1. The second-order valence-electron chi connectivity index (χ2n) is 5.02. The monoisotopic (exact) mass is 299 g/mol. The van der Waals surface area contributed by atoms with E-state index in [2.05, 4.69) is 11.6 Å². The van der Waals surface area contributed by atoms with Gasteiger partial charge in [0.2, 0.25) is 10.0 Å². The van der Waals surface area contributed by atoms with Gasteiger partial charge in [0.15, 0.2) is 0 Å². The van der Waals surface area contributed by atoms with Crippen LogP contribution in [-0.2, 0) is 10.0 Å². The van der Waals surface area contributed by atoms with Crippen LogP contribution in [0.2, 0.25) is 0 Å². The number of sulfonamides is 1. The number of thioether (sulfide) groups is 1. The maximum Gasteiger partial charge on any atom is 0.240 e. The fraction of sp³-hybridized carbons (Fsp3) is 0.571. The van der Waals surface area contributed by atoms with Crippen LogP contribution in [0.4, 0.5) is 0 Å². The first-order chi connectivity index (χ1) is 9.03. The van der Waals surface area contributed by atoms with Gasteiger partial charge in [-0.2, -0.15) is 11.8 Å². The lowest BCUT2D eigenvalue weighted by Gasteiger charge is -2.06. The zero-order valence-corrected chi connectivity index (χ0v) is 13.1. The number of unbranched alkanes of at least 4 members (excludes halogenated alkanes) is 1. The highest BCUT2D eigenvalue weighted by atomic mass is 32.2. The van der Waals surface area contributed by atoms with Crippen molar-refractivity contribution in [2.75, 3.05) is 6.54 Å². The molecule has 19 heavy (non-hydrogen) atoms. The van der Waals surface area contributed by atoms with Crippen molar-refractivity contribution in [2.45, 2.75) is 48.5 Å². The number of benzene rings is 1. The summed E-state index contributed by atoms with van der Waals surface area (Å²) in [6.07, 6.45) is 3.65. The third kappa shape index (κ3) is 4.23. The van der Waals surface area contributed by atoms with E-state index in [4.69, 9.17) is 0 Å². The highest BCUT2D eigenvalue weighted by molar-refractivity contribution is 8.07. The maximum absolute atomic E-state index is 12.1. The van der Waals surface area contributed by atoms with E-state index in [1.807, 2.05) is 30.8 Å². The average molecular weight is 299 g/mol. The molecule has 0 aromatic heterocycles. The third-order valence-corrected chi connectivity index (χ3v) is 6.22. The summed E-state index contributed by atoms with van der Waals surface area (Å²) in [6.45, 7) is 4.68. The van der Waals surface area contributed by atoms with E-state index >= 15 is 0 Å². The molecular weight excluding hydrogens is 278 g/mol. The Labute approximate surface area is 120 Å². The van der Waals surface area contributed by atoms with E-state index in [1.54, 1.807) is 12.1 Å². The Morgan fingerprint density at radius 2 is 1.89 bits per heavy atom. The molecule has 0 bridgehead atoms. The van der Waals surface area contributed by atoms with Gasteiger partial charge < -0.3 is 0 Å². The van der Waals surface area contributed by atoms with Crippen LogP contribution in [0.3, 0.4) is 0 Å². The molecule has 1 fully saturated rings. The molecule has 1 aliphatic rings. The molecule has 0 spiro atoms. The largest absolute Gasteiger partial charge is 0.240 e. The average Bonchev–Trinajstić information content (AvgIpc) is 3.13. The predicted molar refractivity (Wildman–Crippen MR) is 81.1 cm³/mol. The van der Waals surface area contributed by atoms with Gasteiger partial charge in [0.1, 0.15) is 0 Å². The van der Waals surface area contributed by atoms with Crippen molar-refractivity contribution in [1.82, 2.24) is 4.72 Å². The van der Waals surface area contributed by atoms with Gasteiger partial charge in [0.25, 0.3) is 0 Å². The van der Waals surface area contributed by atoms with Gasteiger partial charge in [-0.15, -0.1) is 0 Å². The molecule has 0 aliphatic carbocycles. The van der Waals surface area contributed by atoms with Crippen molar-refractivity contribution >= 4 is 21.8 Å². The predicted octanol–water partition coefficient (Wildman–Crippen LogP) is 2.95. The Bertz CT molecular complexity index is 511. The molecule has 5 heteroatoms. The smallest absolute Gasteiger partial charge is 0.210 e. The zero-order chi connectivity index (χ0) is 13.9. The molecule has 1 aliphatic heterocycles. The minimum Gasteiger partial charge on any atom is -0.210 e. The highest BCUT2D eigenvalue weighted by Crippen LogP contribution is 2.44. The van der Waals surface area contributed by atoms with Gasteiger partial charge >= 0.3 is 0 Å². The molecule has 1 heterocycles. The van der Waals surface area contributed by atoms with Crippen molar-refractivity contribution < 1.29 is 8.42 Å². The van der Waals surface area contributed by atoms with Gasteiger partial charge in [0.05, 0.1) is 4.90 Å². The zero-order valence-electron chi connectivity index (χ0n) is 11.4. The molecular formula is C14H21NO2S2. The summed E-state index contributed by atoms with van der Waals surface area (Å²) >= 11 is 1.89. The summed E-state index contributed by atoms with van der Waals surface area (Å²) in [6, 6.07) is 6.97. The highest BCUT2D eigenvalue weighted by Gasteiger charge is 2.37. The normalized spacial score (nSPS) is 22.4. The first kappa shape index (κ1) is 14.9. The molecule has 1 saturated heterocycles. The van der Waals surface area contributed by atoms with Gasteiger partial charge in [-0.05, 0) is 25.5 Å². The topological polar surface area (TPSA) is 46.2 Å². The Morgan fingerprint density at radius 3 is 2.53 bits per heavy atom. The molecule has 0 amide bonds. The first-order valence-electron chi connectivity index (χ1n) is 6.74. The van der Waals surface area contributed by atoms with Crippen LogP contribution in [0.25, 0.3) is 0 Å². The summed E-state index contributed by atoms with van der Waals surface area (Å²) in [4.78, 5) is 0.355. The number of aryl methyl sites for hydroxylation is 1. The Balaban J connectivity index is 1.84. The first-order valence-corrected chi connectivity index (χ1v) is 9.17. The Kier molecular flexibility index (Phi) is 4.92. The van der Waals surface area contributed by atoms with Crippen LogP contribution < -0.4 is 4.72 Å². The van der Waals surface area contributed by atoms with Crippen LogP contribution in [0, 0.1) is 6.92 Å². The van der Waals surface area contributed by atoms with Crippen molar-refractivity contribution in [3.63, 3.8) is 0 Å². The molecule has 0 unspecified atom stereocenters. The van der Waals surface area contributed by atoms with Crippen LogP contribution in [-0.4, -0.2) is 25.5 Å². The van der Waals surface area contributed by atoms with E-state index in [1.165, 1.54) is 19.3 Å². The molecule has 1 aromatic carbocycles. The minimum absolute atomic E-state index is 0.355. The van der Waals surface area contributed by atoms with Gasteiger partial charge in [0, 0.05) is 17.0 Å². The van der Waals surface area contributed by atoms with Crippen molar-refractivity contribution in [3.05, 3.63) is 29.8 Å². The fourth-order valence-electron chi connectivity index (χ4n) is 2.01. The minimum atomic E-state index is -3.34. The van der Waals surface area contributed by atoms with Crippen LogP contribution in [0.15, 0.2) is 29.2 Å². The number of hydrogen-bond acceptors (Lipinski definition) is 3. The third-order valence-electron chi connectivity index (χ3n) is 3.34. The molecule has 106 valence electrons. The van der Waals surface area contributed by atoms with E-state index in [9.17, 15) is 8.42 Å². The lowest BCUT2D eigenvalue weighted by atomic mass is 10.2. The van der Waals surface area contributed by atoms with Crippen LogP contribution in [0.5, 0.6) is 0 Å². The second-order valence-corrected chi connectivity index (χ2v) is 8.27. The molecule has 0 saturated carbocycles. The summed E-state index contributed by atoms with van der Waals surface area (Å²) < 4.78 is 26.9. The summed E-state index contributed by atoms with van der Waals surface area (Å²) in [7, 11) is -3.34. The molecule has 1 N–H and O–H groups in total. The van der Waals surface area contributed by atoms with Crippen molar-refractivity contribution in [1.29, 1.82) is 0 Å². The summed E-state index contributed by atoms with van der Waals surface area (Å²) in [5.74, 6) is 0. The van der Waals surface area contributed by atoms with Crippen LogP contribution >= 0.6 is 11.8 Å². The van der Waals surface area contributed by atoms with E-state index in [0.29, 0.717) is 21.9 Å². The molecule has 2 atom stereocenters. The van der Waals surface area contributed by atoms with Gasteiger partial charge in [-0.3, -0.25) is 0 Å². The van der Waals surface area contributed by atoms with E-state index in [-0.39, 0.29) is 0 Å². The quantitative estimate of drug-likeness (QED) is 0.787. The number of rotatable bonds is 7. The summed E-state index contributed by atoms with van der Waals surface area (Å²) in [5.41, 5.74) is 1.07. The Hall–Kier alpha value is -0.520. The fourth-order valence-corrected chi connectivity index (χ4v) is 4.25. The lowest BCUT2D eigenvalue weighted by Crippen LogP contribution is -2.28. The maximum atomic E-state index is 12.1. The van der Waals surface area contributed by atoms with Gasteiger partial charge in [-0.25, -0.2) is 13.1 Å². The van der Waals surface area contributed by atoms with E-state index in [0.717, 1.165) is 5.56 Å². The standard InChI is InChI=1S/C14H21NO2S2/c1-3-4-5-13-14(18-13)10-15-19(16,17)12-8-6-11(2)7-9-12/h6-9,13-15H,3-5,10H2,1-2H3/t13-,14-/m1/s1. The van der Waals surface area contributed by atoms with Crippen molar-refractivity contribution in [2.24, 2.45) is 0 Å². The summed E-state index contributed by atoms with van der Waals surface area (Å²) in [5, 5.41) is 1.12. The number of nitrogens with one attached hydrogen (secondary N) is 1. The molecule has 1 aromatic rings. The molecule has 3 nitrogen and oxygen atoms in total. The van der Waals surface area contributed by atoms with Crippen molar-refractivity contribution in [3.8, 4) is 0 Å². The lowest BCUT2D eigenvalue weighted by molar-refractivity contribution is 0.580. The van der Waals surface area contributed by atoms with Gasteiger partial charge in [-0.1, -0.05) is 37.5 Å². The Morgan fingerprint density at radius 1 is 1.21 bits per heavy atom. The van der Waals surface area contributed by atoms with Crippen LogP contribution in [0.1, 0.15) is 31.7 Å². The molecule has 2 rings (SSSR count). The van der Waals surface area contributed by atoms with E-state index < -0.39 is 10.0 Å². The second kappa shape index (κ2) is 6.29.